The summed E-state index contributed by atoms with van der Waals surface area (Å²) in [5.74, 6) is -1.51. The standard InChI is InChI=1S/C40H66O33/c41-2-1-9(48)34(60)67-33-26(59)40-66-15(8-47)32(33)73-39-25(58)20(53)30(13(6-45)65-39)71-37-23(56)18(51)28(11(4-43)63-37)69-35-21(54)16(49)27(10(3-42)61-35)68-36-22(55)17(50)29(12(5-44)62-36)70-38-24(57)19(52)31(72-40)14(7-46)64-38/h9-33,35-59H,1-8H2/t9?,10-,11-,12-,13-,14-,15-,16-,17-,18-,19-,20-,21-,22-,23-,24-,25-,26-,27-,28-,29-,30-,31-,32+,33-,35-,36-,37-,38-,39-,40-/m1/s1. The number of aliphatic hydroxyl groups is 19. The summed E-state index contributed by atoms with van der Waals surface area (Å²) in [6, 6.07) is 0. The molecule has 22 saturated heterocycles. The van der Waals surface area contributed by atoms with Gasteiger partial charge >= 0.3 is 5.97 Å². The van der Waals surface area contributed by atoms with E-state index in [0.717, 1.165) is 0 Å². The van der Waals surface area contributed by atoms with Gasteiger partial charge < -0.3 is 159 Å². The van der Waals surface area contributed by atoms with Crippen molar-refractivity contribution in [2.24, 2.45) is 0 Å². The lowest BCUT2D eigenvalue weighted by atomic mass is 9.94. The van der Waals surface area contributed by atoms with E-state index in [9.17, 15) is 102 Å². The van der Waals surface area contributed by atoms with Crippen LogP contribution in [0, 0.1) is 0 Å². The van der Waals surface area contributed by atoms with Crippen LogP contribution in [0.3, 0.4) is 0 Å². The molecule has 31 atom stereocenters. The van der Waals surface area contributed by atoms with Crippen molar-refractivity contribution in [3.63, 3.8) is 0 Å². The molecule has 22 rings (SSSR count). The van der Waals surface area contributed by atoms with Crippen molar-refractivity contribution in [1.82, 2.24) is 0 Å². The Labute approximate surface area is 412 Å². The number of carbonyl (C=O) groups is 1. The van der Waals surface area contributed by atoms with Crippen molar-refractivity contribution >= 4 is 5.97 Å². The summed E-state index contributed by atoms with van der Waals surface area (Å²) < 4.78 is 73.9. The molecule has 0 aromatic rings. The van der Waals surface area contributed by atoms with Gasteiger partial charge in [-0.2, -0.15) is 0 Å². The fraction of sp³-hybridized carbons (Fsp3) is 0.975. The van der Waals surface area contributed by atoms with Gasteiger partial charge in [-0.05, 0) is 0 Å². The molecule has 0 spiro atoms. The van der Waals surface area contributed by atoms with Gasteiger partial charge in [-0.15, -0.1) is 0 Å². The van der Waals surface area contributed by atoms with Gasteiger partial charge in [0.2, 0.25) is 0 Å². The third-order valence-corrected chi connectivity index (χ3v) is 13.6. The van der Waals surface area contributed by atoms with Crippen molar-refractivity contribution in [3.05, 3.63) is 0 Å². The molecule has 0 amide bonds. The predicted molar refractivity (Wildman–Crippen MR) is 217 cm³/mol. The second kappa shape index (κ2) is 25.4. The number of hydrogen-bond donors (Lipinski definition) is 19. The summed E-state index contributed by atoms with van der Waals surface area (Å²) in [5, 5.41) is 207. The third kappa shape index (κ3) is 12.0. The predicted octanol–water partition coefficient (Wildman–Crippen LogP) is -13.8. The lowest BCUT2D eigenvalue weighted by Gasteiger charge is -2.51. The summed E-state index contributed by atoms with van der Waals surface area (Å²) in [6.07, 6.45) is -63.7. The van der Waals surface area contributed by atoms with Crippen LogP contribution in [0.1, 0.15) is 6.42 Å². The zero-order valence-electron chi connectivity index (χ0n) is 38.3. The van der Waals surface area contributed by atoms with E-state index in [2.05, 4.69) is 0 Å². The second-order valence-corrected chi connectivity index (χ2v) is 18.3. The van der Waals surface area contributed by atoms with Gasteiger partial charge in [0.25, 0.3) is 0 Å². The van der Waals surface area contributed by atoms with E-state index < -0.39 is 249 Å². The molecule has 22 aliphatic rings. The highest BCUT2D eigenvalue weighted by Crippen LogP contribution is 2.38. The highest BCUT2D eigenvalue weighted by atomic mass is 16.8. The molecule has 0 saturated carbocycles. The Morgan fingerprint density at radius 2 is 0.548 bits per heavy atom. The van der Waals surface area contributed by atoms with Crippen LogP contribution in [0.4, 0.5) is 0 Å². The van der Waals surface area contributed by atoms with Crippen LogP contribution in [-0.2, 0) is 66.4 Å². The number of rotatable bonds is 10. The fourth-order valence-electron chi connectivity index (χ4n) is 9.50. The third-order valence-electron chi connectivity index (χ3n) is 13.6. The van der Waals surface area contributed by atoms with Crippen molar-refractivity contribution in [2.75, 3.05) is 46.2 Å². The number of aliphatic hydroxyl groups excluding tert-OH is 19. The normalized spacial score (nSPS) is 51.5. The van der Waals surface area contributed by atoms with E-state index >= 15 is 0 Å². The summed E-state index contributed by atoms with van der Waals surface area (Å²) in [5.41, 5.74) is 0. The zero-order valence-corrected chi connectivity index (χ0v) is 38.3. The van der Waals surface area contributed by atoms with Gasteiger partial charge in [-0.25, -0.2) is 4.79 Å². The first-order chi connectivity index (χ1) is 34.8. The Hall–Kier alpha value is -1.77. The van der Waals surface area contributed by atoms with Crippen LogP contribution in [0.25, 0.3) is 0 Å². The van der Waals surface area contributed by atoms with E-state index in [-0.39, 0.29) is 0 Å². The fourth-order valence-corrected chi connectivity index (χ4v) is 9.50. The molecule has 0 aliphatic carbocycles. The minimum Gasteiger partial charge on any atom is -0.455 e. The van der Waals surface area contributed by atoms with E-state index in [1.54, 1.807) is 0 Å². The maximum absolute atomic E-state index is 13.1. The van der Waals surface area contributed by atoms with Crippen LogP contribution in [0.5, 0.6) is 0 Å². The van der Waals surface area contributed by atoms with Crippen LogP contribution >= 0.6 is 0 Å². The number of esters is 1. The Kier molecular flexibility index (Phi) is 20.5. The summed E-state index contributed by atoms with van der Waals surface area (Å²) >= 11 is 0. The molecule has 424 valence electrons. The first kappa shape index (κ1) is 58.9. The highest BCUT2D eigenvalue weighted by Gasteiger charge is 2.59. The van der Waals surface area contributed by atoms with Crippen LogP contribution < -0.4 is 0 Å². The molecule has 22 aliphatic heterocycles. The molecule has 33 nitrogen and oxygen atoms in total. The summed E-state index contributed by atoms with van der Waals surface area (Å²) in [7, 11) is 0. The average Bonchev–Trinajstić information content (AvgIpc) is 3.38. The molecular weight excluding hydrogens is 1010 g/mol. The van der Waals surface area contributed by atoms with E-state index in [0.29, 0.717) is 0 Å². The lowest BCUT2D eigenvalue weighted by Crippen LogP contribution is -2.69. The quantitative estimate of drug-likeness (QED) is 0.0903. The molecule has 1 unspecified atom stereocenters. The Balaban J connectivity index is 1.23. The van der Waals surface area contributed by atoms with Crippen molar-refractivity contribution in [1.29, 1.82) is 0 Å². The zero-order chi connectivity index (χ0) is 53.3. The van der Waals surface area contributed by atoms with Crippen LogP contribution in [0.2, 0.25) is 0 Å². The second-order valence-electron chi connectivity index (χ2n) is 18.3. The van der Waals surface area contributed by atoms with Crippen LogP contribution in [0.15, 0.2) is 0 Å². The molecule has 19 N–H and O–H groups in total. The SMILES string of the molecule is O=C(O[C@@H]1[C@@H](O)[C@H]2O[C@H]3[C@H](O)[C@@H](O)[C@@H](O[C@H]4[C@H](O)[C@@H](O)[C@@H](O[C@H]5[C@H](O)[C@@H](O)[C@@H](O[C@H]6[C@H](O)[C@@H](O)[C@@H](O[C@H]7[C@H](O)[C@@H](O)[C@@H](O[C@H]1[C@@H](CO)O2)O[C@@H]7CO)O[C@@H]6CO)O[C@@H]5CO)O[C@@H]4CO)O[C@@H]3CO)C(O)CCO. The lowest BCUT2D eigenvalue weighted by molar-refractivity contribution is -0.404. The van der Waals surface area contributed by atoms with Gasteiger partial charge in [0.1, 0.15) is 140 Å². The number of carbonyl (C=O) groups excluding carboxylic acids is 1. The van der Waals surface area contributed by atoms with Crippen LogP contribution in [-0.4, -0.2) is 340 Å². The maximum atomic E-state index is 13.1. The minimum atomic E-state index is -2.33. The molecule has 73 heavy (non-hydrogen) atoms. The van der Waals surface area contributed by atoms with Crippen molar-refractivity contribution in [2.45, 2.75) is 197 Å². The summed E-state index contributed by atoms with van der Waals surface area (Å²) in [4.78, 5) is 13.1. The molecule has 0 radical (unpaired) electrons. The molecule has 0 aromatic heterocycles. The molecule has 0 aromatic carbocycles. The van der Waals surface area contributed by atoms with Crippen molar-refractivity contribution in [3.8, 4) is 0 Å². The van der Waals surface area contributed by atoms with Gasteiger partial charge in [0.15, 0.2) is 49.9 Å². The number of ether oxygens (including phenoxy) is 13. The Morgan fingerprint density at radius 1 is 0.329 bits per heavy atom. The van der Waals surface area contributed by atoms with Gasteiger partial charge in [0, 0.05) is 13.0 Å². The topological polar surface area (TPSA) is 521 Å². The Morgan fingerprint density at radius 3 is 0.781 bits per heavy atom. The van der Waals surface area contributed by atoms with E-state index in [1.807, 2.05) is 0 Å². The summed E-state index contributed by atoms with van der Waals surface area (Å²) in [6.45, 7) is -7.13. The van der Waals surface area contributed by atoms with Gasteiger partial charge in [0.05, 0.1) is 39.6 Å². The highest BCUT2D eigenvalue weighted by molar-refractivity contribution is 5.74. The number of hydrogen-bond acceptors (Lipinski definition) is 33. The van der Waals surface area contributed by atoms with E-state index in [4.69, 9.17) is 61.6 Å². The van der Waals surface area contributed by atoms with Crippen molar-refractivity contribution < 1.29 is 163 Å². The first-order valence-corrected chi connectivity index (χ1v) is 23.3. The molecular formula is C40H66O33. The monoisotopic (exact) mass is 1070 g/mol. The molecule has 22 fully saturated rings. The largest absolute Gasteiger partial charge is 0.455 e. The van der Waals surface area contributed by atoms with Gasteiger partial charge in [-0.3, -0.25) is 0 Å². The molecule has 22 heterocycles. The van der Waals surface area contributed by atoms with Gasteiger partial charge in [-0.1, -0.05) is 0 Å². The maximum Gasteiger partial charge on any atom is 0.335 e. The molecule has 12 bridgehead atoms. The molecule has 33 heteroatoms. The smallest absolute Gasteiger partial charge is 0.335 e. The average molecular weight is 1070 g/mol. The minimum absolute atomic E-state index is 0.596. The van der Waals surface area contributed by atoms with E-state index in [1.165, 1.54) is 0 Å². The first-order valence-electron chi connectivity index (χ1n) is 23.3. The Bertz CT molecular complexity index is 1710.